The third kappa shape index (κ3) is 2.72. The number of hydrogen-bond acceptors (Lipinski definition) is 1. The largest absolute Gasteiger partial charge is 0.345 e. The highest BCUT2D eigenvalue weighted by Gasteiger charge is 2.09. The van der Waals surface area contributed by atoms with Gasteiger partial charge in [0.2, 0.25) is 0 Å². The molecule has 0 saturated heterocycles. The number of rotatable bonds is 4. The van der Waals surface area contributed by atoms with Crippen LogP contribution in [-0.2, 0) is 0 Å². The average Bonchev–Trinajstić information content (AvgIpc) is 2.62. The Balaban J connectivity index is 2.66. The van der Waals surface area contributed by atoms with E-state index in [2.05, 4.69) is 49.8 Å². The molecule has 0 bridgehead atoms. The predicted molar refractivity (Wildman–Crippen MR) is 60.5 cm³/mol. The molecule has 1 heterocycles. The van der Waals surface area contributed by atoms with Crippen molar-refractivity contribution in [1.29, 1.82) is 0 Å². The van der Waals surface area contributed by atoms with Crippen LogP contribution in [0.25, 0.3) is 0 Å². The highest BCUT2D eigenvalue weighted by atomic mass is 14.9. The lowest BCUT2D eigenvalue weighted by molar-refractivity contribution is 0.735. The zero-order chi connectivity index (χ0) is 10.6. The van der Waals surface area contributed by atoms with Gasteiger partial charge in [0.25, 0.3) is 0 Å². The van der Waals surface area contributed by atoms with E-state index in [1.54, 1.807) is 0 Å². The van der Waals surface area contributed by atoms with Crippen molar-refractivity contribution in [3.63, 3.8) is 0 Å². The predicted octanol–water partition coefficient (Wildman–Crippen LogP) is 3.60. The molecule has 2 nitrogen and oxygen atoms in total. The summed E-state index contributed by atoms with van der Waals surface area (Å²) in [5.74, 6) is 2.11. The molecule has 0 fully saturated rings. The minimum absolute atomic E-state index is 0.484. The Morgan fingerprint density at radius 2 is 2.14 bits per heavy atom. The van der Waals surface area contributed by atoms with Crippen LogP contribution in [0.4, 0.5) is 0 Å². The first-order valence-corrected chi connectivity index (χ1v) is 5.31. The van der Waals surface area contributed by atoms with Gasteiger partial charge in [0.05, 0.1) is 0 Å². The number of nitrogens with zero attached hydrogens (tertiary/aromatic N) is 1. The first-order chi connectivity index (χ1) is 6.65. The maximum absolute atomic E-state index is 4.37. The van der Waals surface area contributed by atoms with Crippen LogP contribution >= 0.6 is 0 Å². The topological polar surface area (TPSA) is 28.7 Å². The molecule has 0 aliphatic carbocycles. The van der Waals surface area contributed by atoms with E-state index in [4.69, 9.17) is 0 Å². The van der Waals surface area contributed by atoms with Gasteiger partial charge in [-0.15, -0.1) is 0 Å². The fourth-order valence-corrected chi connectivity index (χ4v) is 1.36. The second kappa shape index (κ2) is 4.99. The van der Waals surface area contributed by atoms with Gasteiger partial charge in [-0.3, -0.25) is 0 Å². The third-order valence-electron chi connectivity index (χ3n) is 2.42. The second-order valence-corrected chi connectivity index (χ2v) is 4.08. The molecule has 1 aromatic rings. The SMILES string of the molecule is C/C=C/CC(C)c1cnc(C(C)C)[nH]1. The molecule has 1 rings (SSSR count). The summed E-state index contributed by atoms with van der Waals surface area (Å²) in [7, 11) is 0. The number of H-pyrrole nitrogens is 1. The molecule has 0 aliphatic heterocycles. The van der Waals surface area contributed by atoms with Crippen LogP contribution < -0.4 is 0 Å². The van der Waals surface area contributed by atoms with Crippen molar-refractivity contribution < 1.29 is 0 Å². The van der Waals surface area contributed by atoms with Crippen molar-refractivity contribution in [2.45, 2.75) is 46.0 Å². The van der Waals surface area contributed by atoms with Crippen molar-refractivity contribution in [2.75, 3.05) is 0 Å². The first kappa shape index (κ1) is 11.0. The van der Waals surface area contributed by atoms with Gasteiger partial charge >= 0.3 is 0 Å². The molecule has 0 spiro atoms. The zero-order valence-corrected chi connectivity index (χ0v) is 9.54. The van der Waals surface area contributed by atoms with E-state index in [1.807, 2.05) is 6.20 Å². The molecule has 0 aromatic carbocycles. The number of allylic oxidation sites excluding steroid dienone is 2. The van der Waals surface area contributed by atoms with Crippen molar-refractivity contribution in [1.82, 2.24) is 9.97 Å². The maximum Gasteiger partial charge on any atom is 0.108 e. The van der Waals surface area contributed by atoms with Crippen LogP contribution in [0.15, 0.2) is 18.3 Å². The molecule has 2 heteroatoms. The van der Waals surface area contributed by atoms with Gasteiger partial charge in [0.1, 0.15) is 5.82 Å². The highest BCUT2D eigenvalue weighted by molar-refractivity contribution is 5.09. The van der Waals surface area contributed by atoms with E-state index in [0.717, 1.165) is 12.2 Å². The Morgan fingerprint density at radius 3 is 2.64 bits per heavy atom. The van der Waals surface area contributed by atoms with Crippen LogP contribution in [0.5, 0.6) is 0 Å². The quantitative estimate of drug-likeness (QED) is 0.725. The summed E-state index contributed by atoms with van der Waals surface area (Å²) < 4.78 is 0. The molecule has 1 aromatic heterocycles. The molecule has 1 unspecified atom stereocenters. The molecule has 0 amide bonds. The summed E-state index contributed by atoms with van der Waals surface area (Å²) in [6.45, 7) is 8.58. The van der Waals surface area contributed by atoms with Gasteiger partial charge in [0.15, 0.2) is 0 Å². The summed E-state index contributed by atoms with van der Waals surface area (Å²) in [6, 6.07) is 0. The lowest BCUT2D eigenvalue weighted by Crippen LogP contribution is -1.94. The van der Waals surface area contributed by atoms with E-state index in [-0.39, 0.29) is 0 Å². The first-order valence-electron chi connectivity index (χ1n) is 5.31. The molecule has 1 N–H and O–H groups in total. The number of aromatic nitrogens is 2. The van der Waals surface area contributed by atoms with E-state index in [1.165, 1.54) is 5.69 Å². The average molecular weight is 192 g/mol. The van der Waals surface area contributed by atoms with Crippen LogP contribution in [-0.4, -0.2) is 9.97 Å². The Hall–Kier alpha value is -1.05. The summed E-state index contributed by atoms with van der Waals surface area (Å²) in [5.41, 5.74) is 1.24. The van der Waals surface area contributed by atoms with Crippen molar-refractivity contribution in [3.8, 4) is 0 Å². The molecule has 1 atom stereocenters. The van der Waals surface area contributed by atoms with Gasteiger partial charge < -0.3 is 4.98 Å². The Bertz CT molecular complexity index is 297. The lowest BCUT2D eigenvalue weighted by atomic mass is 10.0. The monoisotopic (exact) mass is 192 g/mol. The van der Waals surface area contributed by atoms with Gasteiger partial charge in [-0.25, -0.2) is 4.98 Å². The van der Waals surface area contributed by atoms with Crippen LogP contribution in [0, 0.1) is 0 Å². The second-order valence-electron chi connectivity index (χ2n) is 4.08. The minimum Gasteiger partial charge on any atom is -0.345 e. The molecule has 14 heavy (non-hydrogen) atoms. The highest BCUT2D eigenvalue weighted by Crippen LogP contribution is 2.19. The van der Waals surface area contributed by atoms with E-state index in [0.29, 0.717) is 11.8 Å². The van der Waals surface area contributed by atoms with Crippen molar-refractivity contribution in [3.05, 3.63) is 29.9 Å². The van der Waals surface area contributed by atoms with Gasteiger partial charge in [0, 0.05) is 23.7 Å². The van der Waals surface area contributed by atoms with Gasteiger partial charge in [-0.1, -0.05) is 32.9 Å². The van der Waals surface area contributed by atoms with Gasteiger partial charge in [-0.2, -0.15) is 0 Å². The number of imidazole rings is 1. The normalized spacial score (nSPS) is 14.1. The number of hydrogen-bond donors (Lipinski definition) is 1. The Kier molecular flexibility index (Phi) is 3.93. The Labute approximate surface area is 86.5 Å². The van der Waals surface area contributed by atoms with Gasteiger partial charge in [-0.05, 0) is 13.3 Å². The van der Waals surface area contributed by atoms with E-state index in [9.17, 15) is 0 Å². The summed E-state index contributed by atoms with van der Waals surface area (Å²) in [4.78, 5) is 7.74. The third-order valence-corrected chi connectivity index (χ3v) is 2.42. The molecular weight excluding hydrogens is 172 g/mol. The molecule has 78 valence electrons. The van der Waals surface area contributed by atoms with Crippen LogP contribution in [0.3, 0.4) is 0 Å². The van der Waals surface area contributed by atoms with Crippen LogP contribution in [0.2, 0.25) is 0 Å². The maximum atomic E-state index is 4.37. The van der Waals surface area contributed by atoms with E-state index < -0.39 is 0 Å². The zero-order valence-electron chi connectivity index (χ0n) is 9.54. The lowest BCUT2D eigenvalue weighted by Gasteiger charge is -2.05. The fraction of sp³-hybridized carbons (Fsp3) is 0.583. The fourth-order valence-electron chi connectivity index (χ4n) is 1.36. The molecule has 0 aliphatic rings. The summed E-state index contributed by atoms with van der Waals surface area (Å²) >= 11 is 0. The summed E-state index contributed by atoms with van der Waals surface area (Å²) in [6.07, 6.45) is 7.33. The smallest absolute Gasteiger partial charge is 0.108 e. The minimum atomic E-state index is 0.484. The molecule has 0 saturated carbocycles. The van der Waals surface area contributed by atoms with Crippen molar-refractivity contribution in [2.24, 2.45) is 0 Å². The van der Waals surface area contributed by atoms with E-state index >= 15 is 0 Å². The molecule has 0 radical (unpaired) electrons. The van der Waals surface area contributed by atoms with Crippen molar-refractivity contribution >= 4 is 0 Å². The van der Waals surface area contributed by atoms with Crippen LogP contribution in [0.1, 0.15) is 57.5 Å². The number of aromatic amines is 1. The Morgan fingerprint density at radius 1 is 1.43 bits per heavy atom. The molecular formula is C12H20N2. The summed E-state index contributed by atoms with van der Waals surface area (Å²) in [5, 5.41) is 0. The number of nitrogens with one attached hydrogen (secondary N) is 1. The standard InChI is InChI=1S/C12H20N2/c1-5-6-7-10(4)11-8-13-12(14-11)9(2)3/h5-6,8-10H,7H2,1-4H3,(H,13,14)/b6-5+.